The van der Waals surface area contributed by atoms with E-state index in [9.17, 15) is 18.0 Å². The number of pyridine rings is 1. The van der Waals surface area contributed by atoms with Gasteiger partial charge in [0.25, 0.3) is 0 Å². The van der Waals surface area contributed by atoms with Crippen molar-refractivity contribution in [3.8, 4) is 34.0 Å². The number of hydrogen-bond donors (Lipinski definition) is 0. The Bertz CT molecular complexity index is 2110. The number of hydrogen-bond acceptors (Lipinski definition) is 11. The fourth-order valence-electron chi connectivity index (χ4n) is 5.20. The third-order valence-electron chi connectivity index (χ3n) is 7.51. The van der Waals surface area contributed by atoms with Gasteiger partial charge in [-0.25, -0.2) is 9.59 Å². The summed E-state index contributed by atoms with van der Waals surface area (Å²) in [6, 6.07) is 25.3. The number of carbonyl (C=O) groups is 2. The second kappa shape index (κ2) is 17.4. The summed E-state index contributed by atoms with van der Waals surface area (Å²) in [6.07, 6.45) is 4.29. The molecule has 0 N–H and O–H groups in total. The molecule has 0 aliphatic rings. The number of rotatable bonds is 15. The molecule has 0 saturated heterocycles. The molecule has 2 aromatic heterocycles. The van der Waals surface area contributed by atoms with Crippen LogP contribution in [0.4, 0.5) is 0 Å². The minimum absolute atomic E-state index is 0.253. The maximum Gasteiger partial charge on any atom is 0.338 e. The molecule has 5 aromatic rings. The molecule has 0 saturated carbocycles. The Morgan fingerprint density at radius 1 is 0.900 bits per heavy atom. The van der Waals surface area contributed by atoms with Gasteiger partial charge in [-0.05, 0) is 95.6 Å². The lowest BCUT2D eigenvalue weighted by atomic mass is 9.99. The van der Waals surface area contributed by atoms with E-state index in [-0.39, 0.29) is 12.2 Å². The molecule has 11 nitrogen and oxygen atoms in total. The molecular formula is C37H36N4O7S2. The van der Waals surface area contributed by atoms with Crippen molar-refractivity contribution in [2.75, 3.05) is 19.5 Å². The molecule has 0 aliphatic carbocycles. The second-order valence-corrected chi connectivity index (χ2v) is 12.7. The van der Waals surface area contributed by atoms with Crippen molar-refractivity contribution in [1.82, 2.24) is 14.9 Å². The Morgan fingerprint density at radius 2 is 1.68 bits per heavy atom. The molecule has 0 unspecified atom stereocenters. The van der Waals surface area contributed by atoms with Crippen LogP contribution in [0.15, 0.2) is 101 Å². The van der Waals surface area contributed by atoms with Gasteiger partial charge in [-0.2, -0.15) is 8.42 Å². The third kappa shape index (κ3) is 9.04. The van der Waals surface area contributed by atoms with Crippen LogP contribution in [0.25, 0.3) is 22.5 Å². The summed E-state index contributed by atoms with van der Waals surface area (Å²) in [5.41, 5.74) is 4.44. The van der Waals surface area contributed by atoms with Gasteiger partial charge in [-0.15, -0.1) is 21.7 Å². The van der Waals surface area contributed by atoms with E-state index < -0.39 is 22.4 Å². The van der Waals surface area contributed by atoms with Crippen LogP contribution in [-0.2, 0) is 32.8 Å². The number of ether oxygens (including phenoxy) is 3. The zero-order valence-corrected chi connectivity index (χ0v) is 29.5. The van der Waals surface area contributed by atoms with Gasteiger partial charge >= 0.3 is 22.4 Å². The van der Waals surface area contributed by atoms with E-state index in [0.29, 0.717) is 69.6 Å². The van der Waals surface area contributed by atoms with Crippen molar-refractivity contribution in [3.05, 3.63) is 113 Å². The van der Waals surface area contributed by atoms with E-state index in [1.807, 2.05) is 62.4 Å². The summed E-state index contributed by atoms with van der Waals surface area (Å²) in [5, 5.41) is 5.07. The van der Waals surface area contributed by atoms with Crippen LogP contribution in [0.5, 0.6) is 11.5 Å². The summed E-state index contributed by atoms with van der Waals surface area (Å²) in [5.74, 6) is 0.661. The number of aromatic nitrogens is 3. The standard InChI is InChI=1S/C37H36N4O7S2/c1-4-19-47-37(43)31-16-10-9-15-30(31)34-33(32-23-25(5-2)17-18-38-32)35(41(39-34)40-50(44)45)49-20-11-12-26-21-27(36(42)46-3)24-29(22-26)48-28-13-7-6-8-14-28/h6-10,13-18,21-24H,4-5,11-12,19-20H2,1-3H3. The molecule has 3 aromatic carbocycles. The fraction of sp³-hybridized carbons (Fsp3) is 0.243. The average molecular weight is 713 g/mol. The third-order valence-corrected chi connectivity index (χ3v) is 8.94. The molecule has 0 atom stereocenters. The van der Waals surface area contributed by atoms with Gasteiger partial charge in [-0.3, -0.25) is 4.98 Å². The van der Waals surface area contributed by atoms with E-state index in [0.717, 1.165) is 22.3 Å². The molecule has 50 heavy (non-hydrogen) atoms. The SMILES string of the molecule is CCCOC(=O)c1ccccc1-c1nn(N=S(=O)=O)c(SCCCc2cc(Oc3ccccc3)cc(C(=O)OC)c2)c1-c1cc(CC)ccn1. The summed E-state index contributed by atoms with van der Waals surface area (Å²) < 4.78 is 44.1. The molecular weight excluding hydrogens is 677 g/mol. The van der Waals surface area contributed by atoms with Crippen molar-refractivity contribution in [1.29, 1.82) is 0 Å². The highest BCUT2D eigenvalue weighted by molar-refractivity contribution is 7.99. The number of thioether (sulfide) groups is 1. The summed E-state index contributed by atoms with van der Waals surface area (Å²) in [4.78, 5) is 31.3. The van der Waals surface area contributed by atoms with Crippen LogP contribution >= 0.6 is 11.8 Å². The van der Waals surface area contributed by atoms with Gasteiger partial charge in [0.1, 0.15) is 22.2 Å². The molecule has 0 aliphatic heterocycles. The molecule has 0 bridgehead atoms. The second-order valence-electron chi connectivity index (χ2n) is 11.0. The molecule has 2 heterocycles. The highest BCUT2D eigenvalue weighted by atomic mass is 32.2. The first-order valence-corrected chi connectivity index (χ1v) is 18.1. The van der Waals surface area contributed by atoms with E-state index in [1.54, 1.807) is 42.6 Å². The molecule has 0 spiro atoms. The predicted molar refractivity (Wildman–Crippen MR) is 191 cm³/mol. The molecule has 0 fully saturated rings. The highest BCUT2D eigenvalue weighted by Gasteiger charge is 2.26. The minimum Gasteiger partial charge on any atom is -0.465 e. The molecule has 258 valence electrons. The molecule has 0 radical (unpaired) electrons. The maximum absolute atomic E-state index is 13.1. The topological polar surface area (TPSA) is 139 Å². The van der Waals surface area contributed by atoms with Gasteiger partial charge in [-0.1, -0.05) is 50.2 Å². The minimum atomic E-state index is -2.83. The Labute approximate surface area is 296 Å². The van der Waals surface area contributed by atoms with Gasteiger partial charge in [0.15, 0.2) is 0 Å². The van der Waals surface area contributed by atoms with Crippen molar-refractivity contribution < 1.29 is 32.2 Å². The Kier molecular flexibility index (Phi) is 12.5. The number of nitrogens with zero attached hydrogens (tertiary/aromatic N) is 4. The summed E-state index contributed by atoms with van der Waals surface area (Å²) in [7, 11) is -1.50. The Hall–Kier alpha value is -5.27. The Morgan fingerprint density at radius 3 is 2.42 bits per heavy atom. The van der Waals surface area contributed by atoms with Crippen molar-refractivity contribution in [3.63, 3.8) is 0 Å². The first-order valence-electron chi connectivity index (χ1n) is 16.1. The van der Waals surface area contributed by atoms with Crippen molar-refractivity contribution >= 4 is 34.2 Å². The first kappa shape index (κ1) is 36.0. The van der Waals surface area contributed by atoms with Gasteiger partial charge in [0.2, 0.25) is 0 Å². The highest BCUT2D eigenvalue weighted by Crippen LogP contribution is 2.41. The quantitative estimate of drug-likeness (QED) is 0.0599. The van der Waals surface area contributed by atoms with Crippen LogP contribution < -0.4 is 4.74 Å². The van der Waals surface area contributed by atoms with Crippen LogP contribution in [0.3, 0.4) is 0 Å². The smallest absolute Gasteiger partial charge is 0.338 e. The number of para-hydroxylation sites is 1. The lowest BCUT2D eigenvalue weighted by molar-refractivity contribution is 0.0505. The number of esters is 2. The fourth-order valence-corrected chi connectivity index (χ4v) is 6.52. The van der Waals surface area contributed by atoms with E-state index in [4.69, 9.17) is 14.2 Å². The first-order chi connectivity index (χ1) is 24.3. The van der Waals surface area contributed by atoms with Crippen LogP contribution in [0.2, 0.25) is 0 Å². The van der Waals surface area contributed by atoms with Gasteiger partial charge in [0.05, 0.1) is 36.1 Å². The average Bonchev–Trinajstić information content (AvgIpc) is 3.49. The molecule has 0 amide bonds. The summed E-state index contributed by atoms with van der Waals surface area (Å²) >= 11 is 1.36. The van der Waals surface area contributed by atoms with Crippen LogP contribution in [0, 0.1) is 0 Å². The normalized spacial score (nSPS) is 10.8. The lowest BCUT2D eigenvalue weighted by Gasteiger charge is -2.11. The summed E-state index contributed by atoms with van der Waals surface area (Å²) in [6.45, 7) is 4.19. The Balaban J connectivity index is 1.51. The zero-order chi connectivity index (χ0) is 35.5. The van der Waals surface area contributed by atoms with Crippen LogP contribution in [-0.4, -0.2) is 54.7 Å². The van der Waals surface area contributed by atoms with Crippen LogP contribution in [0.1, 0.15) is 58.5 Å². The van der Waals surface area contributed by atoms with Crippen molar-refractivity contribution in [2.24, 2.45) is 4.47 Å². The van der Waals surface area contributed by atoms with Gasteiger partial charge in [0, 0.05) is 11.8 Å². The molecule has 5 rings (SSSR count). The van der Waals surface area contributed by atoms with E-state index in [1.165, 1.54) is 18.9 Å². The largest absolute Gasteiger partial charge is 0.465 e. The number of aryl methyl sites for hydroxylation is 2. The lowest BCUT2D eigenvalue weighted by Crippen LogP contribution is -2.08. The number of methoxy groups -OCH3 is 1. The number of carbonyl (C=O) groups excluding carboxylic acids is 2. The van der Waals surface area contributed by atoms with Gasteiger partial charge < -0.3 is 14.2 Å². The molecule has 13 heteroatoms. The maximum atomic E-state index is 13.1. The zero-order valence-electron chi connectivity index (χ0n) is 27.9. The predicted octanol–water partition coefficient (Wildman–Crippen LogP) is 7.87. The van der Waals surface area contributed by atoms with E-state index >= 15 is 0 Å². The number of benzene rings is 3. The monoisotopic (exact) mass is 712 g/mol. The van der Waals surface area contributed by atoms with E-state index in [2.05, 4.69) is 14.6 Å². The van der Waals surface area contributed by atoms with Crippen molar-refractivity contribution in [2.45, 2.75) is 44.6 Å².